The average Bonchev–Trinajstić information content (AvgIpc) is 2.86. The van der Waals surface area contributed by atoms with Crippen LogP contribution in [0.25, 0.3) is 0 Å². The van der Waals surface area contributed by atoms with Crippen LogP contribution in [-0.4, -0.2) is 43.6 Å². The monoisotopic (exact) mass is 351 g/mol. The molecule has 0 radical (unpaired) electrons. The lowest BCUT2D eigenvalue weighted by molar-refractivity contribution is 0.0694. The van der Waals surface area contributed by atoms with Crippen LogP contribution in [-0.2, 0) is 16.4 Å². The maximum absolute atomic E-state index is 12.4. The van der Waals surface area contributed by atoms with Crippen LogP contribution in [0.4, 0.5) is 0 Å². The molecule has 8 heteroatoms. The number of benzene rings is 1. The lowest BCUT2D eigenvalue weighted by Gasteiger charge is -2.16. The first kappa shape index (κ1) is 17.7. The number of aryl methyl sites for hydroxylation is 1. The van der Waals surface area contributed by atoms with Gasteiger partial charge >= 0.3 is 5.97 Å². The van der Waals surface area contributed by atoms with Crippen molar-refractivity contribution in [1.29, 1.82) is 0 Å². The van der Waals surface area contributed by atoms with Crippen LogP contribution in [0.1, 0.15) is 32.2 Å². The molecule has 1 amide bonds. The van der Waals surface area contributed by atoms with Crippen molar-refractivity contribution in [2.75, 3.05) is 13.3 Å². The molecule has 0 bridgehead atoms. The van der Waals surface area contributed by atoms with Gasteiger partial charge in [0.25, 0.3) is 5.91 Å². The summed E-state index contributed by atoms with van der Waals surface area (Å²) in [5.74, 6) is -0.902. The van der Waals surface area contributed by atoms with Crippen LogP contribution in [0.3, 0.4) is 0 Å². The summed E-state index contributed by atoms with van der Waals surface area (Å²) in [5, 5.41) is 9.01. The van der Waals surface area contributed by atoms with Gasteiger partial charge in [-0.25, -0.2) is 13.2 Å². The number of furan rings is 1. The first-order valence-corrected chi connectivity index (χ1v) is 8.87. The fourth-order valence-corrected chi connectivity index (χ4v) is 2.89. The number of nitrogens with zero attached hydrogens (tertiary/aromatic N) is 1. The largest absolute Gasteiger partial charge is 0.478 e. The summed E-state index contributed by atoms with van der Waals surface area (Å²) >= 11 is 0. The van der Waals surface area contributed by atoms with Crippen molar-refractivity contribution in [2.24, 2.45) is 0 Å². The van der Waals surface area contributed by atoms with Gasteiger partial charge in [0.2, 0.25) is 0 Å². The Morgan fingerprint density at radius 2 is 1.92 bits per heavy atom. The van der Waals surface area contributed by atoms with E-state index in [-0.39, 0.29) is 28.3 Å². The van der Waals surface area contributed by atoms with E-state index in [1.165, 1.54) is 49.2 Å². The van der Waals surface area contributed by atoms with Gasteiger partial charge in [0, 0.05) is 18.9 Å². The number of carbonyl (C=O) groups is 2. The molecule has 0 aliphatic heterocycles. The van der Waals surface area contributed by atoms with Gasteiger partial charge in [0.1, 0.15) is 17.1 Å². The second-order valence-electron chi connectivity index (χ2n) is 5.45. The van der Waals surface area contributed by atoms with Gasteiger partial charge in [-0.1, -0.05) is 6.07 Å². The van der Waals surface area contributed by atoms with Gasteiger partial charge in [0.05, 0.1) is 11.4 Å². The molecule has 0 saturated heterocycles. The smallest absolute Gasteiger partial charge is 0.339 e. The molecule has 1 aromatic heterocycles. The van der Waals surface area contributed by atoms with E-state index < -0.39 is 21.7 Å². The van der Waals surface area contributed by atoms with Gasteiger partial charge in [-0.2, -0.15) is 0 Å². The highest BCUT2D eigenvalue weighted by molar-refractivity contribution is 7.90. The molecular formula is C16H17NO6S. The molecule has 7 nitrogen and oxygen atoms in total. The summed E-state index contributed by atoms with van der Waals surface area (Å²) < 4.78 is 28.5. The lowest BCUT2D eigenvalue weighted by Crippen LogP contribution is -2.26. The van der Waals surface area contributed by atoms with E-state index in [1.807, 2.05) is 0 Å². The average molecular weight is 351 g/mol. The van der Waals surface area contributed by atoms with Gasteiger partial charge in [-0.15, -0.1) is 0 Å². The number of hydrogen-bond donors (Lipinski definition) is 1. The van der Waals surface area contributed by atoms with Gasteiger partial charge in [-0.05, 0) is 31.2 Å². The number of carbonyl (C=O) groups excluding carboxylic acids is 1. The molecule has 0 atom stereocenters. The highest BCUT2D eigenvalue weighted by Crippen LogP contribution is 2.18. The number of aromatic carboxylic acids is 1. The lowest BCUT2D eigenvalue weighted by atomic mass is 10.2. The minimum atomic E-state index is -3.41. The van der Waals surface area contributed by atoms with Gasteiger partial charge in [-0.3, -0.25) is 4.79 Å². The van der Waals surface area contributed by atoms with E-state index in [1.54, 1.807) is 0 Å². The zero-order valence-corrected chi connectivity index (χ0v) is 14.3. The molecular weight excluding hydrogens is 334 g/mol. The first-order valence-electron chi connectivity index (χ1n) is 6.98. The van der Waals surface area contributed by atoms with Crippen LogP contribution in [0.5, 0.6) is 0 Å². The molecule has 0 fully saturated rings. The summed E-state index contributed by atoms with van der Waals surface area (Å²) in [6.45, 7) is 1.60. The Morgan fingerprint density at radius 1 is 1.25 bits per heavy atom. The maximum atomic E-state index is 12.4. The standard InChI is InChI=1S/C16H17NO6S/c1-10-14(16(19)20)8-12(23-10)9-17(2)15(18)11-5-4-6-13(7-11)24(3,21)22/h4-8H,9H2,1-3H3,(H,19,20). The molecule has 0 aliphatic carbocycles. The van der Waals surface area contributed by atoms with E-state index in [0.717, 1.165) is 6.26 Å². The molecule has 1 N–H and O–H groups in total. The molecule has 0 spiro atoms. The Balaban J connectivity index is 2.21. The molecule has 128 valence electrons. The number of rotatable bonds is 5. The predicted octanol–water partition coefficient (Wildman–Crippen LogP) is 1.96. The van der Waals surface area contributed by atoms with Crippen LogP contribution >= 0.6 is 0 Å². The van der Waals surface area contributed by atoms with E-state index >= 15 is 0 Å². The fraction of sp³-hybridized carbons (Fsp3) is 0.250. The van der Waals surface area contributed by atoms with E-state index in [0.29, 0.717) is 5.76 Å². The highest BCUT2D eigenvalue weighted by atomic mass is 32.2. The summed E-state index contributed by atoms with van der Waals surface area (Å²) in [7, 11) is -1.89. The summed E-state index contributed by atoms with van der Waals surface area (Å²) in [5.41, 5.74) is 0.270. The van der Waals surface area contributed by atoms with E-state index in [2.05, 4.69) is 0 Å². The van der Waals surface area contributed by atoms with Crippen LogP contribution in [0, 0.1) is 6.92 Å². The van der Waals surface area contributed by atoms with Crippen molar-refractivity contribution in [2.45, 2.75) is 18.4 Å². The first-order chi connectivity index (χ1) is 11.1. The third kappa shape index (κ3) is 3.83. The Hall–Kier alpha value is -2.61. The Labute approximate surface area is 139 Å². The Kier molecular flexibility index (Phi) is 4.79. The molecule has 1 heterocycles. The number of hydrogen-bond acceptors (Lipinski definition) is 5. The number of carboxylic acids is 1. The predicted molar refractivity (Wildman–Crippen MR) is 85.8 cm³/mol. The molecule has 24 heavy (non-hydrogen) atoms. The fourth-order valence-electron chi connectivity index (χ4n) is 2.22. The molecule has 0 unspecified atom stereocenters. The zero-order valence-electron chi connectivity index (χ0n) is 13.4. The van der Waals surface area contributed by atoms with E-state index in [9.17, 15) is 18.0 Å². The van der Waals surface area contributed by atoms with Crippen molar-refractivity contribution >= 4 is 21.7 Å². The van der Waals surface area contributed by atoms with Crippen LogP contribution in [0.2, 0.25) is 0 Å². The van der Waals surface area contributed by atoms with Gasteiger partial charge < -0.3 is 14.4 Å². The summed E-state index contributed by atoms with van der Waals surface area (Å²) in [4.78, 5) is 24.8. The van der Waals surface area contributed by atoms with Crippen molar-refractivity contribution in [3.05, 3.63) is 53.0 Å². The molecule has 0 aliphatic rings. The highest BCUT2D eigenvalue weighted by Gasteiger charge is 2.19. The maximum Gasteiger partial charge on any atom is 0.339 e. The quantitative estimate of drug-likeness (QED) is 0.883. The normalized spacial score (nSPS) is 11.3. The van der Waals surface area contributed by atoms with Crippen molar-refractivity contribution in [1.82, 2.24) is 4.90 Å². The minimum absolute atomic E-state index is 0.0462. The molecule has 0 saturated carbocycles. The van der Waals surface area contributed by atoms with Gasteiger partial charge in [0.15, 0.2) is 9.84 Å². The SMILES string of the molecule is Cc1oc(CN(C)C(=O)c2cccc(S(C)(=O)=O)c2)cc1C(=O)O. The minimum Gasteiger partial charge on any atom is -0.478 e. The van der Waals surface area contributed by atoms with Crippen LogP contribution < -0.4 is 0 Å². The number of carboxylic acid groups (broad SMARTS) is 1. The second-order valence-corrected chi connectivity index (χ2v) is 7.46. The second kappa shape index (κ2) is 6.48. The van der Waals surface area contributed by atoms with E-state index in [4.69, 9.17) is 9.52 Å². The molecule has 2 aromatic rings. The summed E-state index contributed by atoms with van der Waals surface area (Å²) in [6.07, 6.45) is 1.07. The number of amides is 1. The van der Waals surface area contributed by atoms with Crippen molar-refractivity contribution in [3.8, 4) is 0 Å². The third-order valence-corrected chi connectivity index (χ3v) is 4.56. The summed E-state index contributed by atoms with van der Waals surface area (Å²) in [6, 6.07) is 7.11. The van der Waals surface area contributed by atoms with Crippen molar-refractivity contribution < 1.29 is 27.5 Å². The Bertz CT molecular complexity index is 897. The molecule has 1 aromatic carbocycles. The Morgan fingerprint density at radius 3 is 2.46 bits per heavy atom. The molecule has 2 rings (SSSR count). The van der Waals surface area contributed by atoms with Crippen molar-refractivity contribution in [3.63, 3.8) is 0 Å². The zero-order chi connectivity index (χ0) is 18.1. The third-order valence-electron chi connectivity index (χ3n) is 3.45. The number of sulfone groups is 1. The van der Waals surface area contributed by atoms with Crippen LogP contribution in [0.15, 0.2) is 39.6 Å². The topological polar surface area (TPSA) is 105 Å².